The Morgan fingerprint density at radius 1 is 1.02 bits per heavy atom. The smallest absolute Gasteiger partial charge is 0.229 e. The molecule has 226 valence electrons. The summed E-state index contributed by atoms with van der Waals surface area (Å²) in [4.78, 5) is 19.9. The molecule has 0 aliphatic carbocycles. The number of anilines is 1. The van der Waals surface area contributed by atoms with Crippen LogP contribution >= 0.6 is 0 Å². The van der Waals surface area contributed by atoms with Gasteiger partial charge in [-0.05, 0) is 61.3 Å². The van der Waals surface area contributed by atoms with Crippen molar-refractivity contribution in [3.05, 3.63) is 77.9 Å². The number of hydrogen-bond donors (Lipinski definition) is 2. The molecule has 2 N–H and O–H groups in total. The van der Waals surface area contributed by atoms with E-state index in [1.165, 1.54) is 0 Å². The van der Waals surface area contributed by atoms with Crippen LogP contribution in [0.3, 0.4) is 0 Å². The molecule has 1 amide bonds. The van der Waals surface area contributed by atoms with Gasteiger partial charge in [0.15, 0.2) is 5.82 Å². The van der Waals surface area contributed by atoms with Crippen LogP contribution in [0.25, 0.3) is 0 Å². The summed E-state index contributed by atoms with van der Waals surface area (Å²) in [5.41, 5.74) is 2.72. The van der Waals surface area contributed by atoms with Crippen LogP contribution in [0, 0.1) is 5.92 Å². The molecule has 1 aromatic heterocycles. The first-order valence-corrected chi connectivity index (χ1v) is 16.8. The van der Waals surface area contributed by atoms with Crippen molar-refractivity contribution in [3.8, 4) is 0 Å². The number of carbonyl (C=O) groups excluding carboxylic acids is 1. The Hall–Kier alpha value is -3.28. The Balaban J connectivity index is 1.09. The Bertz CT molecular complexity index is 1380. The normalized spacial score (nSPS) is 18.0. The molecule has 2 saturated heterocycles. The van der Waals surface area contributed by atoms with E-state index in [4.69, 9.17) is 9.84 Å². The van der Waals surface area contributed by atoms with Gasteiger partial charge in [-0.3, -0.25) is 9.52 Å². The minimum Gasteiger partial charge on any atom is -0.381 e. The molecule has 2 aliphatic heterocycles. The monoisotopic (exact) mass is 594 g/mol. The van der Waals surface area contributed by atoms with Crippen LogP contribution < -0.4 is 10.0 Å². The van der Waals surface area contributed by atoms with E-state index < -0.39 is 10.0 Å². The fraction of sp³-hybridized carbons (Fsp3) is 0.516. The largest absolute Gasteiger partial charge is 0.381 e. The lowest BCUT2D eigenvalue weighted by molar-refractivity contribution is -0.123. The number of carbonyl (C=O) groups is 1. The van der Waals surface area contributed by atoms with E-state index in [2.05, 4.69) is 32.1 Å². The van der Waals surface area contributed by atoms with Crippen LogP contribution in [-0.4, -0.2) is 73.1 Å². The third-order valence-electron chi connectivity index (χ3n) is 8.19. The SMILES string of the molecule is CS(=O)(=O)Nc1ccc(Cc2ncn(C3CCN(CC[C@H](NC(=O)CC4CCOCC4)c4ccccc4)CC3)n2)cc1. The highest BCUT2D eigenvalue weighted by atomic mass is 32.2. The number of aromatic nitrogens is 3. The third-order valence-corrected chi connectivity index (χ3v) is 8.80. The van der Waals surface area contributed by atoms with Crippen LogP contribution in [-0.2, 0) is 26.0 Å². The summed E-state index contributed by atoms with van der Waals surface area (Å²) < 4.78 is 32.8. The highest BCUT2D eigenvalue weighted by molar-refractivity contribution is 7.92. The van der Waals surface area contributed by atoms with Crippen molar-refractivity contribution in [2.75, 3.05) is 43.8 Å². The molecule has 2 aromatic carbocycles. The summed E-state index contributed by atoms with van der Waals surface area (Å²) in [7, 11) is -3.29. The fourth-order valence-corrected chi connectivity index (χ4v) is 6.41. The first-order valence-electron chi connectivity index (χ1n) is 14.9. The van der Waals surface area contributed by atoms with E-state index in [0.717, 1.165) is 88.2 Å². The molecule has 0 radical (unpaired) electrons. The van der Waals surface area contributed by atoms with Gasteiger partial charge >= 0.3 is 0 Å². The van der Waals surface area contributed by atoms with Gasteiger partial charge in [-0.1, -0.05) is 42.5 Å². The number of hydrogen-bond acceptors (Lipinski definition) is 7. The second kappa shape index (κ2) is 14.3. The number of piperidine rings is 1. The van der Waals surface area contributed by atoms with Gasteiger partial charge in [-0.2, -0.15) is 5.10 Å². The number of sulfonamides is 1. The summed E-state index contributed by atoms with van der Waals surface area (Å²) in [6.45, 7) is 4.40. The van der Waals surface area contributed by atoms with Crippen LogP contribution in [0.15, 0.2) is 60.9 Å². The number of rotatable bonds is 12. The Morgan fingerprint density at radius 2 is 1.74 bits per heavy atom. The highest BCUT2D eigenvalue weighted by Crippen LogP contribution is 2.25. The molecule has 0 unspecified atom stereocenters. The zero-order valence-electron chi connectivity index (χ0n) is 24.3. The first-order chi connectivity index (χ1) is 20.3. The topological polar surface area (TPSA) is 118 Å². The maximum atomic E-state index is 12.9. The molecule has 5 rings (SSSR count). The predicted molar refractivity (Wildman–Crippen MR) is 163 cm³/mol. The van der Waals surface area contributed by atoms with Gasteiger partial charge in [-0.15, -0.1) is 0 Å². The third kappa shape index (κ3) is 9.11. The molecule has 42 heavy (non-hydrogen) atoms. The van der Waals surface area contributed by atoms with Crippen molar-refractivity contribution in [1.29, 1.82) is 0 Å². The maximum Gasteiger partial charge on any atom is 0.229 e. The minimum absolute atomic E-state index is 0.00496. The van der Waals surface area contributed by atoms with E-state index in [9.17, 15) is 13.2 Å². The zero-order valence-corrected chi connectivity index (χ0v) is 25.1. The second-order valence-electron chi connectivity index (χ2n) is 11.5. The maximum absolute atomic E-state index is 12.9. The van der Waals surface area contributed by atoms with E-state index in [1.54, 1.807) is 12.1 Å². The average Bonchev–Trinajstić information content (AvgIpc) is 3.45. The van der Waals surface area contributed by atoms with Crippen molar-refractivity contribution < 1.29 is 17.9 Å². The molecule has 3 aromatic rings. The van der Waals surface area contributed by atoms with Crippen molar-refractivity contribution in [2.24, 2.45) is 5.92 Å². The van der Waals surface area contributed by atoms with E-state index in [-0.39, 0.29) is 11.9 Å². The van der Waals surface area contributed by atoms with Crippen LogP contribution in [0.5, 0.6) is 0 Å². The second-order valence-corrected chi connectivity index (χ2v) is 13.3. The molecular formula is C31H42N6O4S. The van der Waals surface area contributed by atoms with Gasteiger partial charge in [-0.25, -0.2) is 18.1 Å². The minimum atomic E-state index is -3.29. The number of nitrogens with one attached hydrogen (secondary N) is 2. The van der Waals surface area contributed by atoms with Gasteiger partial charge < -0.3 is 15.0 Å². The van der Waals surface area contributed by atoms with E-state index in [1.807, 2.05) is 41.3 Å². The molecule has 0 saturated carbocycles. The van der Waals surface area contributed by atoms with Gasteiger partial charge in [0.25, 0.3) is 0 Å². The number of ether oxygens (including phenoxy) is 1. The number of benzene rings is 2. The number of nitrogens with zero attached hydrogens (tertiary/aromatic N) is 4. The molecule has 2 aliphatic rings. The van der Waals surface area contributed by atoms with Crippen molar-refractivity contribution in [3.63, 3.8) is 0 Å². The lowest BCUT2D eigenvalue weighted by Gasteiger charge is -2.33. The quantitative estimate of drug-likeness (QED) is 0.326. The number of likely N-dealkylation sites (tertiary alicyclic amines) is 1. The van der Waals surface area contributed by atoms with E-state index >= 15 is 0 Å². The molecule has 11 heteroatoms. The van der Waals surface area contributed by atoms with E-state index in [0.29, 0.717) is 30.5 Å². The molecular weight excluding hydrogens is 552 g/mol. The summed E-state index contributed by atoms with van der Waals surface area (Å²) in [6, 6.07) is 17.9. The van der Waals surface area contributed by atoms with Crippen molar-refractivity contribution >= 4 is 21.6 Å². The Labute approximate surface area is 248 Å². The molecule has 0 spiro atoms. The van der Waals surface area contributed by atoms with Crippen LogP contribution in [0.2, 0.25) is 0 Å². The van der Waals surface area contributed by atoms with Crippen molar-refractivity contribution in [2.45, 2.75) is 57.0 Å². The number of amides is 1. The van der Waals surface area contributed by atoms with Gasteiger partial charge in [0.2, 0.25) is 15.9 Å². The zero-order chi connectivity index (χ0) is 29.4. The Morgan fingerprint density at radius 3 is 2.43 bits per heavy atom. The summed E-state index contributed by atoms with van der Waals surface area (Å²) in [5.74, 6) is 1.30. The van der Waals surface area contributed by atoms with Crippen LogP contribution in [0.1, 0.15) is 67.6 Å². The average molecular weight is 595 g/mol. The van der Waals surface area contributed by atoms with Gasteiger partial charge in [0.05, 0.1) is 18.3 Å². The van der Waals surface area contributed by atoms with Crippen LogP contribution in [0.4, 0.5) is 5.69 Å². The molecule has 1 atom stereocenters. The fourth-order valence-electron chi connectivity index (χ4n) is 5.85. The standard InChI is InChI=1S/C31H42N6O4S/c1-42(39,40)35-27-9-7-24(8-10-27)21-30-32-23-37(34-30)28-11-16-36(17-12-28)18-13-29(26-5-3-2-4-6-26)33-31(38)22-25-14-19-41-20-15-25/h2-10,23,25,28-29,35H,11-22H2,1H3,(H,33,38)/t29-/m0/s1. The highest BCUT2D eigenvalue weighted by Gasteiger charge is 2.24. The first kappa shape index (κ1) is 30.2. The summed E-state index contributed by atoms with van der Waals surface area (Å²) >= 11 is 0. The summed E-state index contributed by atoms with van der Waals surface area (Å²) in [6.07, 6.45) is 8.93. The van der Waals surface area contributed by atoms with Gasteiger partial charge in [0, 0.05) is 51.4 Å². The lowest BCUT2D eigenvalue weighted by atomic mass is 9.95. The summed E-state index contributed by atoms with van der Waals surface area (Å²) in [5, 5.41) is 8.08. The Kier molecular flexibility index (Phi) is 10.2. The molecule has 3 heterocycles. The van der Waals surface area contributed by atoms with Gasteiger partial charge in [0.1, 0.15) is 6.33 Å². The molecule has 2 fully saturated rings. The molecule has 10 nitrogen and oxygen atoms in total. The predicted octanol–water partition coefficient (Wildman–Crippen LogP) is 3.94. The lowest BCUT2D eigenvalue weighted by Crippen LogP contribution is -2.38. The van der Waals surface area contributed by atoms with Crippen molar-refractivity contribution in [1.82, 2.24) is 25.0 Å². The molecule has 0 bridgehead atoms.